The first-order valence-corrected chi connectivity index (χ1v) is 19.2. The highest BCUT2D eigenvalue weighted by Crippen LogP contribution is 2.23. The van der Waals surface area contributed by atoms with E-state index in [1.54, 1.807) is 0 Å². The number of carbonyl (C=O) groups is 1. The molecule has 0 aromatic rings. The van der Waals surface area contributed by atoms with Crippen LogP contribution in [0.3, 0.4) is 0 Å². The largest absolute Gasteiger partial charge is 0.394 e. The van der Waals surface area contributed by atoms with Gasteiger partial charge in [-0.05, 0) is 12.8 Å². The van der Waals surface area contributed by atoms with Gasteiger partial charge in [0.25, 0.3) is 0 Å². The van der Waals surface area contributed by atoms with Crippen LogP contribution >= 0.6 is 0 Å². The maximum Gasteiger partial charge on any atom is 0.220 e. The summed E-state index contributed by atoms with van der Waals surface area (Å²) in [5.74, 6) is -0.148. The van der Waals surface area contributed by atoms with Gasteiger partial charge in [0.15, 0.2) is 6.29 Å². The van der Waals surface area contributed by atoms with E-state index in [4.69, 9.17) is 9.47 Å². The molecule has 1 saturated heterocycles. The molecule has 9 heteroatoms. The number of aliphatic hydroxyl groups is 5. The highest BCUT2D eigenvalue weighted by Gasteiger charge is 2.44. The lowest BCUT2D eigenvalue weighted by molar-refractivity contribution is -0.302. The van der Waals surface area contributed by atoms with Gasteiger partial charge in [-0.2, -0.15) is 0 Å². The van der Waals surface area contributed by atoms with Crippen LogP contribution in [0.25, 0.3) is 0 Å². The summed E-state index contributed by atoms with van der Waals surface area (Å²) < 4.78 is 11.2. The fourth-order valence-electron chi connectivity index (χ4n) is 6.28. The Morgan fingerprint density at radius 2 is 1.09 bits per heavy atom. The third-order valence-corrected chi connectivity index (χ3v) is 9.46. The SMILES string of the molecule is CCCCCCCCCCCCCCCCC(O)C(COC1OC(CO)C(O)C(O)C1O)NC(=O)CCCCCCCCCCC. The van der Waals surface area contributed by atoms with Gasteiger partial charge in [0, 0.05) is 6.42 Å². The number of amides is 1. The van der Waals surface area contributed by atoms with Gasteiger partial charge in [-0.1, -0.05) is 155 Å². The molecular weight excluding hydrogens is 586 g/mol. The average Bonchev–Trinajstić information content (AvgIpc) is 3.05. The van der Waals surface area contributed by atoms with Crippen LogP contribution in [0.15, 0.2) is 0 Å². The smallest absolute Gasteiger partial charge is 0.220 e. The number of aliphatic hydroxyl groups excluding tert-OH is 5. The Kier molecular flexibility index (Phi) is 27.4. The summed E-state index contributed by atoms with van der Waals surface area (Å²) >= 11 is 0. The monoisotopic (exact) mass is 660 g/mol. The van der Waals surface area contributed by atoms with Crippen LogP contribution in [0.4, 0.5) is 0 Å². The predicted molar refractivity (Wildman–Crippen MR) is 184 cm³/mol. The lowest BCUT2D eigenvalue weighted by atomic mass is 9.99. The molecule has 0 aromatic heterocycles. The van der Waals surface area contributed by atoms with Crippen molar-refractivity contribution in [2.75, 3.05) is 13.2 Å². The Bertz CT molecular complexity index is 696. The van der Waals surface area contributed by atoms with Gasteiger partial charge in [0.05, 0.1) is 25.4 Å². The van der Waals surface area contributed by atoms with E-state index in [9.17, 15) is 30.3 Å². The number of hydrogen-bond acceptors (Lipinski definition) is 8. The van der Waals surface area contributed by atoms with Crippen LogP contribution < -0.4 is 5.32 Å². The predicted octanol–water partition coefficient (Wildman–Crippen LogP) is 6.44. The molecule has 7 unspecified atom stereocenters. The van der Waals surface area contributed by atoms with Crippen molar-refractivity contribution in [1.29, 1.82) is 0 Å². The van der Waals surface area contributed by atoms with E-state index >= 15 is 0 Å². The van der Waals surface area contributed by atoms with Crippen molar-refractivity contribution in [2.45, 2.75) is 217 Å². The molecule has 0 radical (unpaired) electrons. The van der Waals surface area contributed by atoms with Crippen LogP contribution in [0.2, 0.25) is 0 Å². The van der Waals surface area contributed by atoms with Crippen molar-refractivity contribution in [3.63, 3.8) is 0 Å². The quantitative estimate of drug-likeness (QED) is 0.0466. The minimum absolute atomic E-state index is 0.133. The van der Waals surface area contributed by atoms with Crippen molar-refractivity contribution >= 4 is 5.91 Å². The summed E-state index contributed by atoms with van der Waals surface area (Å²) in [6.07, 6.45) is 21.1. The molecule has 1 amide bonds. The van der Waals surface area contributed by atoms with Gasteiger partial charge in [0.2, 0.25) is 5.91 Å². The van der Waals surface area contributed by atoms with E-state index in [0.717, 1.165) is 38.5 Å². The molecule has 0 aliphatic carbocycles. The van der Waals surface area contributed by atoms with Crippen molar-refractivity contribution in [3.05, 3.63) is 0 Å². The van der Waals surface area contributed by atoms with E-state index in [1.807, 2.05) is 0 Å². The molecule has 46 heavy (non-hydrogen) atoms. The molecule has 274 valence electrons. The minimum atomic E-state index is -1.55. The molecule has 1 fully saturated rings. The number of carbonyl (C=O) groups excluding carboxylic acids is 1. The summed E-state index contributed by atoms with van der Waals surface area (Å²) in [6.45, 7) is 3.79. The topological polar surface area (TPSA) is 149 Å². The molecule has 1 heterocycles. The molecular formula is C37H73NO8. The van der Waals surface area contributed by atoms with Crippen LogP contribution in [0.5, 0.6) is 0 Å². The van der Waals surface area contributed by atoms with Gasteiger partial charge in [0.1, 0.15) is 24.4 Å². The number of unbranched alkanes of at least 4 members (excludes halogenated alkanes) is 21. The lowest BCUT2D eigenvalue weighted by Crippen LogP contribution is -2.60. The zero-order valence-corrected chi connectivity index (χ0v) is 29.6. The molecule has 0 aromatic carbocycles. The molecule has 1 aliphatic rings. The summed E-state index contributed by atoms with van der Waals surface area (Å²) in [5, 5.41) is 54.0. The molecule has 9 nitrogen and oxygen atoms in total. The first-order chi connectivity index (χ1) is 22.3. The molecule has 1 rings (SSSR count). The second-order valence-corrected chi connectivity index (χ2v) is 13.7. The maximum atomic E-state index is 12.8. The molecule has 7 atom stereocenters. The molecule has 0 spiro atoms. The minimum Gasteiger partial charge on any atom is -0.394 e. The summed E-state index contributed by atoms with van der Waals surface area (Å²) in [6, 6.07) is -0.708. The Balaban J connectivity index is 2.41. The van der Waals surface area contributed by atoms with E-state index in [0.29, 0.717) is 12.8 Å². The summed E-state index contributed by atoms with van der Waals surface area (Å²) in [5.41, 5.74) is 0. The van der Waals surface area contributed by atoms with Crippen LogP contribution in [-0.4, -0.2) is 87.5 Å². The van der Waals surface area contributed by atoms with Crippen molar-refractivity contribution in [1.82, 2.24) is 5.32 Å². The van der Waals surface area contributed by atoms with Crippen molar-refractivity contribution in [2.24, 2.45) is 0 Å². The van der Waals surface area contributed by atoms with Crippen LogP contribution in [0, 0.1) is 0 Å². The molecule has 0 bridgehead atoms. The first-order valence-electron chi connectivity index (χ1n) is 19.2. The van der Waals surface area contributed by atoms with Crippen LogP contribution in [0.1, 0.15) is 174 Å². The van der Waals surface area contributed by atoms with Gasteiger partial charge in [-0.25, -0.2) is 0 Å². The van der Waals surface area contributed by atoms with E-state index in [-0.39, 0.29) is 12.5 Å². The Morgan fingerprint density at radius 3 is 1.54 bits per heavy atom. The number of nitrogens with one attached hydrogen (secondary N) is 1. The van der Waals surface area contributed by atoms with E-state index in [1.165, 1.54) is 109 Å². The Hall–Kier alpha value is -0.810. The third kappa shape index (κ3) is 20.5. The van der Waals surface area contributed by atoms with Gasteiger partial charge < -0.3 is 40.3 Å². The number of rotatable bonds is 31. The van der Waals surface area contributed by atoms with Gasteiger partial charge >= 0.3 is 0 Å². The normalized spacial score (nSPS) is 23.0. The first kappa shape index (κ1) is 43.2. The highest BCUT2D eigenvalue weighted by molar-refractivity contribution is 5.76. The van der Waals surface area contributed by atoms with Gasteiger partial charge in [-0.15, -0.1) is 0 Å². The fraction of sp³-hybridized carbons (Fsp3) is 0.973. The number of hydrogen-bond donors (Lipinski definition) is 6. The maximum absolute atomic E-state index is 12.8. The third-order valence-electron chi connectivity index (χ3n) is 9.46. The fourth-order valence-corrected chi connectivity index (χ4v) is 6.28. The zero-order chi connectivity index (χ0) is 33.8. The summed E-state index contributed by atoms with van der Waals surface area (Å²) in [4.78, 5) is 12.8. The van der Waals surface area contributed by atoms with Gasteiger partial charge in [-0.3, -0.25) is 4.79 Å². The highest BCUT2D eigenvalue weighted by atomic mass is 16.7. The summed E-state index contributed by atoms with van der Waals surface area (Å²) in [7, 11) is 0. The Morgan fingerprint density at radius 1 is 0.652 bits per heavy atom. The van der Waals surface area contributed by atoms with E-state index < -0.39 is 49.5 Å². The van der Waals surface area contributed by atoms with Crippen LogP contribution in [-0.2, 0) is 14.3 Å². The lowest BCUT2D eigenvalue weighted by Gasteiger charge is -2.40. The van der Waals surface area contributed by atoms with Crippen molar-refractivity contribution < 1.29 is 39.8 Å². The Labute approximate surface area is 281 Å². The molecule has 0 saturated carbocycles. The second kappa shape index (κ2) is 29.1. The molecule has 1 aliphatic heterocycles. The average molecular weight is 660 g/mol. The zero-order valence-electron chi connectivity index (χ0n) is 29.6. The standard InChI is InChI=1S/C37H73NO8/c1-3-5-7-9-11-13-14-15-16-17-19-20-22-24-26-31(40)30(29-45-37-36(44)35(43)34(42)32(28-39)46-37)38-33(41)27-25-23-21-18-12-10-8-6-4-2/h30-32,34-37,39-40,42-44H,3-29H2,1-2H3,(H,38,41). The van der Waals surface area contributed by atoms with Crippen molar-refractivity contribution in [3.8, 4) is 0 Å². The number of ether oxygens (including phenoxy) is 2. The second-order valence-electron chi connectivity index (χ2n) is 13.7. The van der Waals surface area contributed by atoms with E-state index in [2.05, 4.69) is 19.2 Å². The molecule has 6 N–H and O–H groups in total.